The Morgan fingerprint density at radius 2 is 2.27 bits per heavy atom. The van der Waals surface area contributed by atoms with E-state index in [0.29, 0.717) is 11.5 Å². The van der Waals surface area contributed by atoms with E-state index in [0.717, 1.165) is 11.7 Å². The first-order valence-electron chi connectivity index (χ1n) is 5.97. The van der Waals surface area contributed by atoms with Crippen LogP contribution in [0.4, 0.5) is 0 Å². The maximum Gasteiger partial charge on any atom is 0.156 e. The lowest BCUT2D eigenvalue weighted by atomic mass is 9.97. The van der Waals surface area contributed by atoms with Crippen LogP contribution in [-0.4, -0.2) is 23.5 Å². The van der Waals surface area contributed by atoms with Crippen molar-refractivity contribution >= 4 is 16.9 Å². The molecule has 1 atom stereocenters. The van der Waals surface area contributed by atoms with Crippen molar-refractivity contribution in [2.45, 2.75) is 53.0 Å². The van der Waals surface area contributed by atoms with Crippen molar-refractivity contribution in [2.24, 2.45) is 10.4 Å². The second kappa shape index (κ2) is 5.78. The molecule has 0 aromatic heterocycles. The van der Waals surface area contributed by atoms with Gasteiger partial charge in [0.15, 0.2) is 5.17 Å². The van der Waals surface area contributed by atoms with Gasteiger partial charge in [0.2, 0.25) is 0 Å². The van der Waals surface area contributed by atoms with Crippen molar-refractivity contribution in [1.82, 2.24) is 5.32 Å². The summed E-state index contributed by atoms with van der Waals surface area (Å²) in [6.07, 6.45) is 3.83. The number of amidine groups is 1. The molecule has 0 fully saturated rings. The molecule has 0 saturated carbocycles. The first-order chi connectivity index (χ1) is 7.03. The summed E-state index contributed by atoms with van der Waals surface area (Å²) >= 11 is 1.87. The Kier molecular flexibility index (Phi) is 4.97. The zero-order valence-electron chi connectivity index (χ0n) is 10.5. The van der Waals surface area contributed by atoms with E-state index in [2.05, 4.69) is 38.0 Å². The lowest BCUT2D eigenvalue weighted by Gasteiger charge is -2.28. The lowest BCUT2D eigenvalue weighted by Crippen LogP contribution is -2.36. The van der Waals surface area contributed by atoms with Crippen molar-refractivity contribution in [2.75, 3.05) is 12.3 Å². The molecule has 0 bridgehead atoms. The summed E-state index contributed by atoms with van der Waals surface area (Å²) in [6, 6.07) is 0.567. The third kappa shape index (κ3) is 4.92. The molecule has 1 N–H and O–H groups in total. The average Bonchev–Trinajstić information content (AvgIpc) is 2.18. The number of nitrogens with one attached hydrogen (secondary N) is 1. The smallest absolute Gasteiger partial charge is 0.156 e. The molecular formula is C12H24N2S. The summed E-state index contributed by atoms with van der Waals surface area (Å²) in [4.78, 5) is 4.60. The molecule has 0 aliphatic carbocycles. The first kappa shape index (κ1) is 12.9. The van der Waals surface area contributed by atoms with Crippen LogP contribution in [0.2, 0.25) is 0 Å². The van der Waals surface area contributed by atoms with Crippen LogP contribution in [0, 0.1) is 5.41 Å². The Morgan fingerprint density at radius 1 is 1.53 bits per heavy atom. The van der Waals surface area contributed by atoms with Gasteiger partial charge in [-0.2, -0.15) is 0 Å². The summed E-state index contributed by atoms with van der Waals surface area (Å²) in [6.45, 7) is 10.0. The predicted octanol–water partition coefficient (Wildman–Crippen LogP) is 3.28. The van der Waals surface area contributed by atoms with Gasteiger partial charge in [0.1, 0.15) is 0 Å². The van der Waals surface area contributed by atoms with Crippen molar-refractivity contribution in [3.63, 3.8) is 0 Å². The summed E-state index contributed by atoms with van der Waals surface area (Å²) in [7, 11) is 0. The number of hydrogen-bond donors (Lipinski definition) is 1. The van der Waals surface area contributed by atoms with Crippen molar-refractivity contribution < 1.29 is 0 Å². The van der Waals surface area contributed by atoms with E-state index >= 15 is 0 Å². The Bertz CT molecular complexity index is 224. The minimum atomic E-state index is 0.377. The minimum Gasteiger partial charge on any atom is -0.362 e. The fraction of sp³-hybridized carbons (Fsp3) is 0.917. The van der Waals surface area contributed by atoms with Crippen LogP contribution in [0.1, 0.15) is 47.0 Å². The molecule has 15 heavy (non-hydrogen) atoms. The van der Waals surface area contributed by atoms with Gasteiger partial charge in [0.05, 0.1) is 0 Å². The number of aliphatic imine (C=N–C) groups is 1. The van der Waals surface area contributed by atoms with Gasteiger partial charge in [-0.05, 0) is 18.8 Å². The molecule has 1 aliphatic heterocycles. The second-order valence-electron chi connectivity index (χ2n) is 5.26. The van der Waals surface area contributed by atoms with Gasteiger partial charge in [-0.25, -0.2) is 0 Å². The number of unbranched alkanes of at least 4 members (excludes halogenated alkanes) is 1. The molecule has 0 saturated heterocycles. The molecular weight excluding hydrogens is 204 g/mol. The lowest BCUT2D eigenvalue weighted by molar-refractivity contribution is 0.435. The van der Waals surface area contributed by atoms with Gasteiger partial charge in [-0.1, -0.05) is 45.4 Å². The Labute approximate surface area is 98.3 Å². The van der Waals surface area contributed by atoms with E-state index < -0.39 is 0 Å². The quantitative estimate of drug-likeness (QED) is 0.798. The highest BCUT2D eigenvalue weighted by Gasteiger charge is 2.23. The van der Waals surface area contributed by atoms with Crippen LogP contribution in [0.25, 0.3) is 0 Å². The van der Waals surface area contributed by atoms with Crippen LogP contribution in [0.5, 0.6) is 0 Å². The monoisotopic (exact) mass is 228 g/mol. The van der Waals surface area contributed by atoms with E-state index in [1.807, 2.05) is 11.8 Å². The second-order valence-corrected chi connectivity index (χ2v) is 6.23. The topological polar surface area (TPSA) is 24.4 Å². The summed E-state index contributed by atoms with van der Waals surface area (Å²) in [5.41, 5.74) is 0.377. The van der Waals surface area contributed by atoms with Gasteiger partial charge in [0, 0.05) is 18.3 Å². The van der Waals surface area contributed by atoms with E-state index in [9.17, 15) is 0 Å². The third-order valence-corrected chi connectivity index (χ3v) is 4.06. The Morgan fingerprint density at radius 3 is 2.80 bits per heavy atom. The Balaban J connectivity index is 2.30. The van der Waals surface area contributed by atoms with Crippen LogP contribution >= 0.6 is 11.8 Å². The number of thioether (sulfide) groups is 1. The molecule has 0 aromatic carbocycles. The zero-order chi connectivity index (χ0) is 11.3. The fourth-order valence-electron chi connectivity index (χ4n) is 1.52. The van der Waals surface area contributed by atoms with Crippen LogP contribution in [-0.2, 0) is 0 Å². The van der Waals surface area contributed by atoms with Crippen LogP contribution in [0.15, 0.2) is 4.99 Å². The molecule has 88 valence electrons. The zero-order valence-corrected chi connectivity index (χ0v) is 11.3. The van der Waals surface area contributed by atoms with Gasteiger partial charge < -0.3 is 5.32 Å². The molecule has 3 heteroatoms. The molecule has 1 rings (SSSR count). The highest BCUT2D eigenvalue weighted by Crippen LogP contribution is 2.27. The normalized spacial score (nSPS) is 22.0. The largest absolute Gasteiger partial charge is 0.362 e. The summed E-state index contributed by atoms with van der Waals surface area (Å²) < 4.78 is 0. The molecule has 0 aromatic rings. The highest BCUT2D eigenvalue weighted by atomic mass is 32.2. The maximum absolute atomic E-state index is 4.60. The van der Waals surface area contributed by atoms with Crippen molar-refractivity contribution in [1.29, 1.82) is 0 Å². The van der Waals surface area contributed by atoms with E-state index in [-0.39, 0.29) is 0 Å². The molecule has 0 spiro atoms. The minimum absolute atomic E-state index is 0.377. The SMILES string of the molecule is CCCCC(C)NC1=NCC(C)(C)CS1. The number of hydrogen-bond acceptors (Lipinski definition) is 3. The molecule has 1 heterocycles. The maximum atomic E-state index is 4.60. The fourth-order valence-corrected chi connectivity index (χ4v) is 2.58. The molecule has 0 radical (unpaired) electrons. The van der Waals surface area contributed by atoms with Gasteiger partial charge in [-0.3, -0.25) is 4.99 Å². The van der Waals surface area contributed by atoms with Gasteiger partial charge in [0.25, 0.3) is 0 Å². The Hall–Kier alpha value is -0.180. The highest BCUT2D eigenvalue weighted by molar-refractivity contribution is 8.13. The average molecular weight is 228 g/mol. The number of nitrogens with zero attached hydrogens (tertiary/aromatic N) is 1. The van der Waals surface area contributed by atoms with E-state index in [4.69, 9.17) is 0 Å². The predicted molar refractivity (Wildman–Crippen MR) is 70.7 cm³/mol. The van der Waals surface area contributed by atoms with Gasteiger partial charge in [-0.15, -0.1) is 0 Å². The molecule has 0 amide bonds. The first-order valence-corrected chi connectivity index (χ1v) is 6.96. The molecule has 1 aliphatic rings. The molecule has 1 unspecified atom stereocenters. The standard InChI is InChI=1S/C12H24N2S/c1-5-6-7-10(2)14-11-13-8-12(3,4)9-15-11/h10H,5-9H2,1-4H3,(H,13,14). The van der Waals surface area contributed by atoms with Gasteiger partial charge >= 0.3 is 0 Å². The van der Waals surface area contributed by atoms with E-state index in [1.165, 1.54) is 25.0 Å². The molecule has 2 nitrogen and oxygen atoms in total. The van der Waals surface area contributed by atoms with Crippen LogP contribution < -0.4 is 5.32 Å². The van der Waals surface area contributed by atoms with Crippen LogP contribution in [0.3, 0.4) is 0 Å². The number of rotatable bonds is 4. The summed E-state index contributed by atoms with van der Waals surface area (Å²) in [5.74, 6) is 1.18. The van der Waals surface area contributed by atoms with Crippen molar-refractivity contribution in [3.05, 3.63) is 0 Å². The third-order valence-electron chi connectivity index (χ3n) is 2.61. The summed E-state index contributed by atoms with van der Waals surface area (Å²) in [5, 5.41) is 4.66. The van der Waals surface area contributed by atoms with Crippen molar-refractivity contribution in [3.8, 4) is 0 Å². The van der Waals surface area contributed by atoms with E-state index in [1.54, 1.807) is 0 Å².